The Bertz CT molecular complexity index is 356. The summed E-state index contributed by atoms with van der Waals surface area (Å²) >= 11 is 0. The molecule has 0 aliphatic carbocycles. The summed E-state index contributed by atoms with van der Waals surface area (Å²) in [5, 5.41) is 3.44. The van der Waals surface area contributed by atoms with Gasteiger partial charge in [-0.25, -0.2) is 0 Å². The molecule has 1 fully saturated rings. The van der Waals surface area contributed by atoms with Gasteiger partial charge in [-0.1, -0.05) is 25.0 Å². The van der Waals surface area contributed by atoms with Crippen LogP contribution in [0.3, 0.4) is 0 Å². The zero-order valence-electron chi connectivity index (χ0n) is 12.2. The third-order valence-electron chi connectivity index (χ3n) is 4.01. The Balaban J connectivity index is 1.97. The molecule has 106 valence electrons. The summed E-state index contributed by atoms with van der Waals surface area (Å²) in [6.07, 6.45) is 5.48. The van der Waals surface area contributed by atoms with E-state index in [0.29, 0.717) is 6.04 Å². The molecule has 2 rings (SSSR count). The Hall–Kier alpha value is -1.06. The van der Waals surface area contributed by atoms with Crippen molar-refractivity contribution in [3.63, 3.8) is 0 Å². The van der Waals surface area contributed by atoms with Crippen molar-refractivity contribution in [1.82, 2.24) is 10.2 Å². The van der Waals surface area contributed by atoms with Crippen LogP contribution in [0.2, 0.25) is 0 Å². The topological polar surface area (TPSA) is 24.5 Å². The van der Waals surface area contributed by atoms with E-state index in [4.69, 9.17) is 4.74 Å². The zero-order valence-corrected chi connectivity index (χ0v) is 12.2. The molecule has 3 nitrogen and oxygen atoms in total. The predicted molar refractivity (Wildman–Crippen MR) is 79.7 cm³/mol. The van der Waals surface area contributed by atoms with Crippen LogP contribution in [0.4, 0.5) is 0 Å². The van der Waals surface area contributed by atoms with E-state index in [1.807, 2.05) is 19.2 Å². The first-order chi connectivity index (χ1) is 9.33. The van der Waals surface area contributed by atoms with Gasteiger partial charge in [-0.15, -0.1) is 0 Å². The summed E-state index contributed by atoms with van der Waals surface area (Å²) in [6, 6.07) is 8.82. The number of hydrogen-bond acceptors (Lipinski definition) is 3. The van der Waals surface area contributed by atoms with E-state index in [-0.39, 0.29) is 0 Å². The van der Waals surface area contributed by atoms with Crippen LogP contribution in [0.1, 0.15) is 37.3 Å². The molecule has 3 heteroatoms. The fourth-order valence-electron chi connectivity index (χ4n) is 2.78. The van der Waals surface area contributed by atoms with Gasteiger partial charge in [-0.05, 0) is 50.7 Å². The van der Waals surface area contributed by atoms with Gasteiger partial charge in [-0.2, -0.15) is 0 Å². The standard InChI is InChI=1S/C16H26N2O/c1-17-16(13-18-11-5-3-4-6-12-18)14-7-9-15(19-2)10-8-14/h7-10,16-17H,3-6,11-13H2,1-2H3. The van der Waals surface area contributed by atoms with Crippen LogP contribution >= 0.6 is 0 Å². The van der Waals surface area contributed by atoms with Crippen molar-refractivity contribution in [1.29, 1.82) is 0 Å². The van der Waals surface area contributed by atoms with Crippen molar-refractivity contribution in [2.45, 2.75) is 31.7 Å². The highest BCUT2D eigenvalue weighted by Crippen LogP contribution is 2.20. The molecule has 1 aromatic rings. The number of ether oxygens (including phenoxy) is 1. The second kappa shape index (κ2) is 7.51. The molecule has 1 aromatic carbocycles. The number of nitrogens with zero attached hydrogens (tertiary/aromatic N) is 1. The normalized spacial score (nSPS) is 18.8. The lowest BCUT2D eigenvalue weighted by molar-refractivity contribution is 0.255. The van der Waals surface area contributed by atoms with Gasteiger partial charge in [0.25, 0.3) is 0 Å². The van der Waals surface area contributed by atoms with Crippen molar-refractivity contribution in [2.24, 2.45) is 0 Å². The second-order valence-corrected chi connectivity index (χ2v) is 5.33. The Morgan fingerprint density at radius 1 is 1.11 bits per heavy atom. The van der Waals surface area contributed by atoms with E-state index in [0.717, 1.165) is 12.3 Å². The maximum atomic E-state index is 5.22. The first kappa shape index (κ1) is 14.4. The minimum atomic E-state index is 0.406. The molecule has 1 aliphatic heterocycles. The molecule has 1 aliphatic rings. The Morgan fingerprint density at radius 3 is 2.26 bits per heavy atom. The van der Waals surface area contributed by atoms with Crippen LogP contribution in [0, 0.1) is 0 Å². The van der Waals surface area contributed by atoms with Crippen LogP contribution in [0.25, 0.3) is 0 Å². The maximum absolute atomic E-state index is 5.22. The number of nitrogens with one attached hydrogen (secondary N) is 1. The fraction of sp³-hybridized carbons (Fsp3) is 0.625. The van der Waals surface area contributed by atoms with Crippen LogP contribution < -0.4 is 10.1 Å². The zero-order chi connectivity index (χ0) is 13.5. The van der Waals surface area contributed by atoms with E-state index in [1.165, 1.54) is 44.3 Å². The van der Waals surface area contributed by atoms with Gasteiger partial charge in [-0.3, -0.25) is 0 Å². The average Bonchev–Trinajstić information content (AvgIpc) is 2.73. The van der Waals surface area contributed by atoms with Gasteiger partial charge >= 0.3 is 0 Å². The minimum Gasteiger partial charge on any atom is -0.497 e. The minimum absolute atomic E-state index is 0.406. The largest absolute Gasteiger partial charge is 0.497 e. The lowest BCUT2D eigenvalue weighted by atomic mass is 10.1. The maximum Gasteiger partial charge on any atom is 0.118 e. The monoisotopic (exact) mass is 262 g/mol. The number of methoxy groups -OCH3 is 1. The average molecular weight is 262 g/mol. The van der Waals surface area contributed by atoms with Crippen molar-refractivity contribution < 1.29 is 4.74 Å². The number of rotatable bonds is 5. The van der Waals surface area contributed by atoms with Gasteiger partial charge in [0.05, 0.1) is 7.11 Å². The van der Waals surface area contributed by atoms with E-state index in [1.54, 1.807) is 7.11 Å². The highest BCUT2D eigenvalue weighted by molar-refractivity contribution is 5.29. The number of likely N-dealkylation sites (N-methyl/N-ethyl adjacent to an activating group) is 1. The third kappa shape index (κ3) is 4.22. The van der Waals surface area contributed by atoms with Gasteiger partial charge in [0.15, 0.2) is 0 Å². The van der Waals surface area contributed by atoms with E-state index in [2.05, 4.69) is 22.3 Å². The summed E-state index contributed by atoms with van der Waals surface area (Å²) in [5.41, 5.74) is 1.34. The van der Waals surface area contributed by atoms with E-state index >= 15 is 0 Å². The van der Waals surface area contributed by atoms with Crippen molar-refractivity contribution in [3.05, 3.63) is 29.8 Å². The van der Waals surface area contributed by atoms with E-state index in [9.17, 15) is 0 Å². The van der Waals surface area contributed by atoms with Crippen LogP contribution in [-0.4, -0.2) is 38.7 Å². The fourth-order valence-corrected chi connectivity index (χ4v) is 2.78. The summed E-state index contributed by atoms with van der Waals surface area (Å²) in [7, 11) is 3.76. The molecule has 1 N–H and O–H groups in total. The Labute approximate surface area is 116 Å². The molecule has 0 aromatic heterocycles. The first-order valence-electron chi connectivity index (χ1n) is 7.37. The molecule has 0 radical (unpaired) electrons. The first-order valence-corrected chi connectivity index (χ1v) is 7.37. The lowest BCUT2D eigenvalue weighted by Gasteiger charge is -2.26. The van der Waals surface area contributed by atoms with Gasteiger partial charge in [0.1, 0.15) is 5.75 Å². The highest BCUT2D eigenvalue weighted by Gasteiger charge is 2.15. The molecule has 1 saturated heterocycles. The number of hydrogen-bond donors (Lipinski definition) is 1. The van der Waals surface area contributed by atoms with Crippen LogP contribution in [0.5, 0.6) is 5.75 Å². The molecule has 1 atom stereocenters. The molecule has 0 bridgehead atoms. The molecule has 19 heavy (non-hydrogen) atoms. The van der Waals surface area contributed by atoms with Gasteiger partial charge in [0, 0.05) is 12.6 Å². The lowest BCUT2D eigenvalue weighted by Crippen LogP contribution is -2.34. The Kier molecular flexibility index (Phi) is 5.67. The quantitative estimate of drug-likeness (QED) is 0.883. The molecule has 0 amide bonds. The van der Waals surface area contributed by atoms with Crippen molar-refractivity contribution >= 4 is 0 Å². The predicted octanol–water partition coefficient (Wildman–Crippen LogP) is 2.83. The van der Waals surface area contributed by atoms with Gasteiger partial charge in [0.2, 0.25) is 0 Å². The highest BCUT2D eigenvalue weighted by atomic mass is 16.5. The smallest absolute Gasteiger partial charge is 0.118 e. The SMILES string of the molecule is CNC(CN1CCCCCC1)c1ccc(OC)cc1. The van der Waals surface area contributed by atoms with Crippen molar-refractivity contribution in [3.8, 4) is 5.75 Å². The molecule has 1 unspecified atom stereocenters. The number of benzene rings is 1. The third-order valence-corrected chi connectivity index (χ3v) is 4.01. The molecular weight excluding hydrogens is 236 g/mol. The number of likely N-dealkylation sites (tertiary alicyclic amines) is 1. The summed E-state index contributed by atoms with van der Waals surface area (Å²) in [4.78, 5) is 2.60. The Morgan fingerprint density at radius 2 is 1.74 bits per heavy atom. The summed E-state index contributed by atoms with van der Waals surface area (Å²) in [6.45, 7) is 3.59. The van der Waals surface area contributed by atoms with Crippen LogP contribution in [0.15, 0.2) is 24.3 Å². The summed E-state index contributed by atoms with van der Waals surface area (Å²) < 4.78 is 5.22. The molecule has 0 saturated carbocycles. The van der Waals surface area contributed by atoms with Gasteiger partial charge < -0.3 is 15.0 Å². The van der Waals surface area contributed by atoms with Crippen molar-refractivity contribution in [2.75, 3.05) is 33.8 Å². The molecule has 1 heterocycles. The molecule has 0 spiro atoms. The second-order valence-electron chi connectivity index (χ2n) is 5.33. The van der Waals surface area contributed by atoms with Crippen LogP contribution in [-0.2, 0) is 0 Å². The van der Waals surface area contributed by atoms with E-state index < -0.39 is 0 Å². The molecular formula is C16H26N2O. The summed E-state index contributed by atoms with van der Waals surface area (Å²) in [5.74, 6) is 0.924.